The van der Waals surface area contributed by atoms with E-state index < -0.39 is 0 Å². The fourth-order valence-corrected chi connectivity index (χ4v) is 2.77. The van der Waals surface area contributed by atoms with Gasteiger partial charge in [-0.05, 0) is 30.2 Å². The molecule has 0 spiro atoms. The Bertz CT molecular complexity index is 872. The number of hydrogen-bond donors (Lipinski definition) is 1. The number of methoxy groups -OCH3 is 1. The molecule has 6 nitrogen and oxygen atoms in total. The van der Waals surface area contributed by atoms with E-state index >= 15 is 0 Å². The number of amides is 1. The molecular weight excluding hydrogens is 352 g/mol. The number of rotatable bonds is 9. The number of ether oxygens (including phenoxy) is 1. The average molecular weight is 376 g/mol. The van der Waals surface area contributed by atoms with Crippen LogP contribution in [0.3, 0.4) is 0 Å². The maximum absolute atomic E-state index is 13.3. The van der Waals surface area contributed by atoms with Crippen LogP contribution in [0.1, 0.15) is 22.5 Å². The van der Waals surface area contributed by atoms with Crippen molar-refractivity contribution >= 4 is 17.5 Å². The summed E-state index contributed by atoms with van der Waals surface area (Å²) in [5.41, 5.74) is 2.22. The third kappa shape index (κ3) is 5.37. The molecule has 1 heterocycles. The minimum Gasteiger partial charge on any atom is -0.385 e. The lowest BCUT2D eigenvalue weighted by atomic mass is 10.2. The minimum absolute atomic E-state index is 0.169. The van der Waals surface area contributed by atoms with Crippen LogP contribution in [0.2, 0.25) is 0 Å². The van der Waals surface area contributed by atoms with E-state index in [1.165, 1.54) is 0 Å². The summed E-state index contributed by atoms with van der Waals surface area (Å²) in [6.07, 6.45) is 2.44. The summed E-state index contributed by atoms with van der Waals surface area (Å²) in [4.78, 5) is 23.6. The van der Waals surface area contributed by atoms with Gasteiger partial charge in [-0.3, -0.25) is 4.79 Å². The third-order valence-corrected chi connectivity index (χ3v) is 4.18. The fourth-order valence-electron chi connectivity index (χ4n) is 2.77. The van der Waals surface area contributed by atoms with E-state index in [0.717, 1.165) is 17.7 Å². The molecule has 0 saturated carbocycles. The molecule has 0 aliphatic carbocycles. The van der Waals surface area contributed by atoms with Crippen LogP contribution < -0.4 is 10.2 Å². The van der Waals surface area contributed by atoms with Gasteiger partial charge in [0, 0.05) is 32.1 Å². The molecule has 0 fully saturated rings. The number of hydrogen-bond acceptors (Lipinski definition) is 5. The quantitative estimate of drug-likeness (QED) is 0.576. The van der Waals surface area contributed by atoms with Crippen molar-refractivity contribution in [3.05, 3.63) is 84.2 Å². The zero-order valence-electron chi connectivity index (χ0n) is 15.9. The maximum atomic E-state index is 13.3. The number of nitrogens with zero attached hydrogens (tertiary/aromatic N) is 3. The van der Waals surface area contributed by atoms with Gasteiger partial charge in [0.25, 0.3) is 5.91 Å². The first-order chi connectivity index (χ1) is 13.8. The molecule has 144 valence electrons. The van der Waals surface area contributed by atoms with Crippen molar-refractivity contribution in [2.45, 2.75) is 13.0 Å². The van der Waals surface area contributed by atoms with Crippen LogP contribution in [0.4, 0.5) is 11.6 Å². The van der Waals surface area contributed by atoms with E-state index in [9.17, 15) is 4.79 Å². The summed E-state index contributed by atoms with van der Waals surface area (Å²) in [5, 5.41) is 3.13. The molecule has 0 aliphatic heterocycles. The van der Waals surface area contributed by atoms with Crippen LogP contribution in [-0.2, 0) is 11.3 Å². The normalized spacial score (nSPS) is 10.5. The van der Waals surface area contributed by atoms with Crippen molar-refractivity contribution in [3.63, 3.8) is 0 Å². The smallest absolute Gasteiger partial charge is 0.277 e. The molecule has 28 heavy (non-hydrogen) atoms. The Morgan fingerprint density at radius 3 is 2.46 bits per heavy atom. The third-order valence-electron chi connectivity index (χ3n) is 4.18. The van der Waals surface area contributed by atoms with Crippen LogP contribution in [0.5, 0.6) is 0 Å². The Hall–Kier alpha value is -3.25. The topological polar surface area (TPSA) is 67.3 Å². The van der Waals surface area contributed by atoms with E-state index in [1.54, 1.807) is 24.3 Å². The van der Waals surface area contributed by atoms with Gasteiger partial charge in [0.2, 0.25) is 5.95 Å². The maximum Gasteiger partial charge on any atom is 0.277 e. The molecule has 0 saturated heterocycles. The zero-order chi connectivity index (χ0) is 19.6. The first-order valence-electron chi connectivity index (χ1n) is 9.24. The van der Waals surface area contributed by atoms with E-state index in [2.05, 4.69) is 15.3 Å². The molecule has 0 unspecified atom stereocenters. The summed E-state index contributed by atoms with van der Waals surface area (Å²) in [7, 11) is 1.67. The van der Waals surface area contributed by atoms with Gasteiger partial charge >= 0.3 is 0 Å². The predicted molar refractivity (Wildman–Crippen MR) is 110 cm³/mol. The number of para-hydroxylation sites is 1. The first-order valence-corrected chi connectivity index (χ1v) is 9.24. The molecule has 0 radical (unpaired) electrons. The van der Waals surface area contributed by atoms with Gasteiger partial charge in [0.1, 0.15) is 5.69 Å². The number of benzene rings is 2. The Morgan fingerprint density at radius 1 is 1.04 bits per heavy atom. The molecule has 1 amide bonds. The highest BCUT2D eigenvalue weighted by atomic mass is 16.5. The second-order valence-electron chi connectivity index (χ2n) is 6.25. The summed E-state index contributed by atoms with van der Waals surface area (Å²) in [5.74, 6) is 0.270. The Kier molecular flexibility index (Phi) is 7.09. The highest BCUT2D eigenvalue weighted by Gasteiger charge is 2.20. The van der Waals surface area contributed by atoms with Gasteiger partial charge in [0.15, 0.2) is 0 Å². The molecule has 3 aromatic rings. The molecule has 0 atom stereocenters. The lowest BCUT2D eigenvalue weighted by molar-refractivity contribution is 0.0980. The van der Waals surface area contributed by atoms with Crippen molar-refractivity contribution < 1.29 is 9.53 Å². The van der Waals surface area contributed by atoms with Crippen molar-refractivity contribution in [2.24, 2.45) is 0 Å². The number of nitrogens with one attached hydrogen (secondary N) is 1. The zero-order valence-corrected chi connectivity index (χ0v) is 15.9. The Labute approximate surface area is 165 Å². The van der Waals surface area contributed by atoms with Gasteiger partial charge in [-0.25, -0.2) is 9.97 Å². The standard InChI is InChI=1S/C22H24N4O2/c1-28-16-8-14-23-22-24-15-13-20(25-22)21(27)26(19-11-6-3-7-12-19)17-18-9-4-2-5-10-18/h2-7,9-13,15H,8,14,16-17H2,1H3,(H,23,24,25). The van der Waals surface area contributed by atoms with E-state index in [0.29, 0.717) is 31.3 Å². The molecule has 0 aliphatic rings. The van der Waals surface area contributed by atoms with Crippen molar-refractivity contribution in [2.75, 3.05) is 30.5 Å². The predicted octanol–water partition coefficient (Wildman–Crippen LogP) is 3.77. The summed E-state index contributed by atoms with van der Waals surface area (Å²) in [6.45, 7) is 1.80. The summed E-state index contributed by atoms with van der Waals surface area (Å²) >= 11 is 0. The van der Waals surface area contributed by atoms with Crippen LogP contribution in [-0.4, -0.2) is 36.1 Å². The minimum atomic E-state index is -0.169. The van der Waals surface area contributed by atoms with Crippen LogP contribution in [0, 0.1) is 0 Å². The number of carbonyl (C=O) groups is 1. The Morgan fingerprint density at radius 2 is 1.75 bits per heavy atom. The fraction of sp³-hybridized carbons (Fsp3) is 0.227. The van der Waals surface area contributed by atoms with Crippen LogP contribution in [0.15, 0.2) is 72.9 Å². The average Bonchev–Trinajstić information content (AvgIpc) is 2.76. The second kappa shape index (κ2) is 10.2. The number of anilines is 2. The monoisotopic (exact) mass is 376 g/mol. The van der Waals surface area contributed by atoms with E-state index in [4.69, 9.17) is 4.74 Å². The summed E-state index contributed by atoms with van der Waals surface area (Å²) < 4.78 is 5.04. The van der Waals surface area contributed by atoms with Gasteiger partial charge in [-0.2, -0.15) is 0 Å². The highest BCUT2D eigenvalue weighted by molar-refractivity contribution is 6.04. The second-order valence-corrected chi connectivity index (χ2v) is 6.25. The van der Waals surface area contributed by atoms with Gasteiger partial charge in [0.05, 0.1) is 6.54 Å². The molecule has 0 bridgehead atoms. The molecule has 6 heteroatoms. The van der Waals surface area contributed by atoms with Gasteiger partial charge < -0.3 is 15.0 Å². The van der Waals surface area contributed by atoms with Crippen molar-refractivity contribution in [1.29, 1.82) is 0 Å². The van der Waals surface area contributed by atoms with Gasteiger partial charge in [-0.1, -0.05) is 48.5 Å². The first kappa shape index (κ1) is 19.5. The molecular formula is C22H24N4O2. The molecule has 1 aromatic heterocycles. The number of aromatic nitrogens is 2. The lowest BCUT2D eigenvalue weighted by Gasteiger charge is -2.23. The van der Waals surface area contributed by atoms with E-state index in [-0.39, 0.29) is 5.91 Å². The van der Waals surface area contributed by atoms with Gasteiger partial charge in [-0.15, -0.1) is 0 Å². The summed E-state index contributed by atoms with van der Waals surface area (Å²) in [6, 6.07) is 21.2. The van der Waals surface area contributed by atoms with E-state index in [1.807, 2.05) is 60.7 Å². The SMILES string of the molecule is COCCCNc1nccc(C(=O)N(Cc2ccccc2)c2ccccc2)n1. The highest BCUT2D eigenvalue weighted by Crippen LogP contribution is 2.19. The molecule has 2 aromatic carbocycles. The Balaban J connectivity index is 1.81. The number of carbonyl (C=O) groups excluding carboxylic acids is 1. The molecule has 3 rings (SSSR count). The van der Waals surface area contributed by atoms with Crippen LogP contribution in [0.25, 0.3) is 0 Å². The lowest BCUT2D eigenvalue weighted by Crippen LogP contribution is -2.31. The largest absolute Gasteiger partial charge is 0.385 e. The van der Waals surface area contributed by atoms with Crippen LogP contribution >= 0.6 is 0 Å². The van der Waals surface area contributed by atoms with Crippen molar-refractivity contribution in [3.8, 4) is 0 Å². The molecule has 1 N–H and O–H groups in total. The van der Waals surface area contributed by atoms with Crippen molar-refractivity contribution in [1.82, 2.24) is 9.97 Å².